The van der Waals surface area contributed by atoms with Gasteiger partial charge in [0, 0.05) is 0 Å². The number of carbonyl (C=O) groups excluding carboxylic acids is 1. The third-order valence-electron chi connectivity index (χ3n) is 9.34. The normalized spacial score (nSPS) is 39.6. The van der Waals surface area contributed by atoms with Crippen LogP contribution in [0, 0.1) is 28.6 Å². The van der Waals surface area contributed by atoms with Crippen molar-refractivity contribution in [3.63, 3.8) is 0 Å². The first-order valence-electron chi connectivity index (χ1n) is 12.3. The second-order valence-electron chi connectivity index (χ2n) is 10.9. The molecule has 4 aliphatic carbocycles. The van der Waals surface area contributed by atoms with Gasteiger partial charge >= 0.3 is 0 Å². The number of fused-ring (bicyclic) bond motifs is 5. The van der Waals surface area contributed by atoms with Crippen LogP contribution >= 0.6 is 0 Å². The largest absolute Gasteiger partial charge is 0.467 e. The molecule has 3 fully saturated rings. The predicted octanol–water partition coefficient (Wildman–Crippen LogP) is 4.59. The van der Waals surface area contributed by atoms with Crippen molar-refractivity contribution in [1.82, 2.24) is 5.32 Å². The fraction of sp³-hybridized carbons (Fsp3) is 0.692. The number of furan rings is 1. The SMILES string of the molecule is CC12CCC(=NOCC(=O)NCc3ccco3)C=C1CCC1C2CCC2(C)C(O)CCC12. The highest BCUT2D eigenvalue weighted by Gasteiger charge is 2.58. The van der Waals surface area contributed by atoms with Crippen molar-refractivity contribution >= 4 is 11.6 Å². The van der Waals surface area contributed by atoms with E-state index in [0.717, 1.165) is 43.7 Å². The van der Waals surface area contributed by atoms with E-state index in [9.17, 15) is 9.90 Å². The molecule has 5 rings (SSSR count). The molecule has 0 spiro atoms. The number of aliphatic hydroxyl groups excluding tert-OH is 1. The lowest BCUT2D eigenvalue weighted by atomic mass is 9.47. The van der Waals surface area contributed by atoms with Gasteiger partial charge in [-0.2, -0.15) is 0 Å². The van der Waals surface area contributed by atoms with Gasteiger partial charge in [0.25, 0.3) is 5.91 Å². The van der Waals surface area contributed by atoms with Crippen LogP contribution in [-0.2, 0) is 16.2 Å². The molecule has 6 atom stereocenters. The Morgan fingerprint density at radius 1 is 1.22 bits per heavy atom. The summed E-state index contributed by atoms with van der Waals surface area (Å²) in [6.45, 7) is 5.07. The van der Waals surface area contributed by atoms with E-state index in [2.05, 4.69) is 30.4 Å². The molecule has 1 amide bonds. The van der Waals surface area contributed by atoms with Gasteiger partial charge in [-0.25, -0.2) is 0 Å². The summed E-state index contributed by atoms with van der Waals surface area (Å²) in [6.07, 6.45) is 12.6. The van der Waals surface area contributed by atoms with Crippen LogP contribution in [0.3, 0.4) is 0 Å². The zero-order valence-electron chi connectivity index (χ0n) is 19.3. The second-order valence-corrected chi connectivity index (χ2v) is 10.9. The minimum absolute atomic E-state index is 0.0854. The van der Waals surface area contributed by atoms with Gasteiger partial charge in [0.2, 0.25) is 0 Å². The van der Waals surface area contributed by atoms with Crippen LogP contribution in [-0.4, -0.2) is 29.4 Å². The zero-order valence-corrected chi connectivity index (χ0v) is 19.3. The highest BCUT2D eigenvalue weighted by atomic mass is 16.6. The Morgan fingerprint density at radius 3 is 2.91 bits per heavy atom. The molecule has 0 aliphatic heterocycles. The van der Waals surface area contributed by atoms with Crippen LogP contribution in [0.15, 0.2) is 39.6 Å². The van der Waals surface area contributed by atoms with Crippen molar-refractivity contribution in [2.24, 2.45) is 33.7 Å². The number of rotatable bonds is 5. The van der Waals surface area contributed by atoms with E-state index in [1.165, 1.54) is 24.8 Å². The fourth-order valence-corrected chi connectivity index (χ4v) is 7.44. The number of nitrogens with one attached hydrogen (secondary N) is 1. The predicted molar refractivity (Wildman–Crippen MR) is 122 cm³/mol. The van der Waals surface area contributed by atoms with Crippen molar-refractivity contribution in [2.75, 3.05) is 6.61 Å². The van der Waals surface area contributed by atoms with Crippen molar-refractivity contribution in [2.45, 2.75) is 77.9 Å². The Bertz CT molecular complexity index is 907. The van der Waals surface area contributed by atoms with E-state index in [1.54, 1.807) is 12.3 Å². The van der Waals surface area contributed by atoms with Crippen molar-refractivity contribution < 1.29 is 19.2 Å². The first-order valence-corrected chi connectivity index (χ1v) is 12.3. The minimum atomic E-state index is -0.205. The van der Waals surface area contributed by atoms with Gasteiger partial charge in [0.05, 0.1) is 24.6 Å². The number of allylic oxidation sites excluding steroid dienone is 2. The maximum Gasteiger partial charge on any atom is 0.261 e. The molecule has 1 aromatic heterocycles. The lowest BCUT2D eigenvalue weighted by Crippen LogP contribution is -2.51. The van der Waals surface area contributed by atoms with Gasteiger partial charge in [-0.3, -0.25) is 4.79 Å². The third kappa shape index (κ3) is 3.70. The van der Waals surface area contributed by atoms with Crippen molar-refractivity contribution in [1.29, 1.82) is 0 Å². The summed E-state index contributed by atoms with van der Waals surface area (Å²) in [4.78, 5) is 17.4. The number of oxime groups is 1. The highest BCUT2D eigenvalue weighted by molar-refractivity contribution is 5.96. The highest BCUT2D eigenvalue weighted by Crippen LogP contribution is 2.65. The van der Waals surface area contributed by atoms with Crippen molar-refractivity contribution in [3.05, 3.63) is 35.8 Å². The Balaban J connectivity index is 1.20. The topological polar surface area (TPSA) is 84.1 Å². The molecule has 32 heavy (non-hydrogen) atoms. The Kier molecular flexibility index (Phi) is 5.68. The molecule has 3 saturated carbocycles. The average molecular weight is 441 g/mol. The van der Waals surface area contributed by atoms with Gasteiger partial charge in [0.15, 0.2) is 6.61 Å². The lowest BCUT2D eigenvalue weighted by molar-refractivity contribution is -0.125. The van der Waals surface area contributed by atoms with Crippen LogP contribution in [0.25, 0.3) is 0 Å². The number of nitrogens with zero attached hydrogens (tertiary/aromatic N) is 1. The number of carbonyl (C=O) groups is 1. The van der Waals surface area contributed by atoms with E-state index < -0.39 is 0 Å². The van der Waals surface area contributed by atoms with E-state index in [1.807, 2.05) is 6.07 Å². The van der Waals surface area contributed by atoms with Crippen molar-refractivity contribution in [3.8, 4) is 0 Å². The standard InChI is InChI=1S/C26H36N2O4/c1-25-11-9-18(28-32-16-24(30)27-15-19-4-3-13-31-19)14-17(25)5-6-20-21-7-8-23(29)26(21,2)12-10-22(20)25/h3-4,13-14,20-23,29H,5-12,15-16H2,1-2H3,(H,27,30). The maximum atomic E-state index is 12.0. The first-order chi connectivity index (χ1) is 15.4. The van der Waals surface area contributed by atoms with E-state index in [0.29, 0.717) is 24.1 Å². The molecule has 1 heterocycles. The Morgan fingerprint density at radius 2 is 2.09 bits per heavy atom. The van der Waals surface area contributed by atoms with Crippen LogP contribution in [0.1, 0.15) is 71.0 Å². The van der Waals surface area contributed by atoms with Crippen LogP contribution in [0.2, 0.25) is 0 Å². The maximum absolute atomic E-state index is 12.0. The molecule has 2 N–H and O–H groups in total. The molecule has 6 nitrogen and oxygen atoms in total. The van der Waals surface area contributed by atoms with Gasteiger partial charge < -0.3 is 19.7 Å². The molecule has 6 unspecified atom stereocenters. The van der Waals surface area contributed by atoms with Gasteiger partial charge in [-0.05, 0) is 98.2 Å². The first kappa shape index (κ1) is 21.7. The van der Waals surface area contributed by atoms with E-state index >= 15 is 0 Å². The summed E-state index contributed by atoms with van der Waals surface area (Å²) in [6, 6.07) is 3.62. The average Bonchev–Trinajstić information content (AvgIpc) is 3.40. The van der Waals surface area contributed by atoms with Crippen LogP contribution in [0.5, 0.6) is 0 Å². The van der Waals surface area contributed by atoms with E-state index in [-0.39, 0.29) is 29.4 Å². The number of amides is 1. The van der Waals surface area contributed by atoms with Gasteiger partial charge in [0.1, 0.15) is 5.76 Å². The second kappa shape index (κ2) is 8.36. The summed E-state index contributed by atoms with van der Waals surface area (Å²) >= 11 is 0. The molecular formula is C26H36N2O4. The summed E-state index contributed by atoms with van der Waals surface area (Å²) < 4.78 is 5.21. The monoisotopic (exact) mass is 440 g/mol. The smallest absolute Gasteiger partial charge is 0.261 e. The minimum Gasteiger partial charge on any atom is -0.467 e. The molecule has 0 bridgehead atoms. The summed E-state index contributed by atoms with van der Waals surface area (Å²) in [5, 5.41) is 17.7. The number of hydrogen-bond acceptors (Lipinski definition) is 5. The molecule has 174 valence electrons. The van der Waals surface area contributed by atoms with E-state index in [4.69, 9.17) is 9.25 Å². The molecule has 0 saturated heterocycles. The lowest BCUT2D eigenvalue weighted by Gasteiger charge is -2.57. The molecular weight excluding hydrogens is 404 g/mol. The summed E-state index contributed by atoms with van der Waals surface area (Å²) in [7, 11) is 0. The summed E-state index contributed by atoms with van der Waals surface area (Å²) in [5.74, 6) is 2.63. The zero-order chi connectivity index (χ0) is 22.3. The molecule has 0 radical (unpaired) electrons. The molecule has 4 aliphatic rings. The quantitative estimate of drug-likeness (QED) is 0.656. The number of hydrogen-bond donors (Lipinski definition) is 2. The van der Waals surface area contributed by atoms with Gasteiger partial charge in [-0.15, -0.1) is 0 Å². The van der Waals surface area contributed by atoms with Gasteiger partial charge in [-0.1, -0.05) is 24.6 Å². The Labute approximate surface area is 190 Å². The summed E-state index contributed by atoms with van der Waals surface area (Å²) in [5.41, 5.74) is 2.83. The molecule has 1 aromatic rings. The Hall–Kier alpha value is -2.08. The van der Waals surface area contributed by atoms with Crippen LogP contribution < -0.4 is 5.32 Å². The molecule has 6 heteroatoms. The number of aliphatic hydroxyl groups is 1. The molecule has 0 aromatic carbocycles. The van der Waals surface area contributed by atoms with Crippen LogP contribution in [0.4, 0.5) is 0 Å². The third-order valence-corrected chi connectivity index (χ3v) is 9.34. The fourth-order valence-electron chi connectivity index (χ4n) is 7.44.